The lowest BCUT2D eigenvalue weighted by molar-refractivity contribution is 0.420. The highest BCUT2D eigenvalue weighted by Gasteiger charge is 2.13. The van der Waals surface area contributed by atoms with Crippen molar-refractivity contribution < 1.29 is 9.50 Å². The molecule has 0 bridgehead atoms. The van der Waals surface area contributed by atoms with Gasteiger partial charge in [0.15, 0.2) is 11.6 Å². The molecule has 1 aromatic carbocycles. The highest BCUT2D eigenvalue weighted by molar-refractivity contribution is 5.39. The van der Waals surface area contributed by atoms with Gasteiger partial charge in [-0.05, 0) is 25.0 Å². The van der Waals surface area contributed by atoms with Gasteiger partial charge in [-0.2, -0.15) is 0 Å². The molecule has 0 radical (unpaired) electrons. The molecule has 14 heavy (non-hydrogen) atoms. The monoisotopic (exact) mass is 195 g/mol. The molecule has 0 spiro atoms. The summed E-state index contributed by atoms with van der Waals surface area (Å²) in [6.45, 7) is 5.30. The summed E-state index contributed by atoms with van der Waals surface area (Å²) in [5.74, 6) is -0.982. The van der Waals surface area contributed by atoms with E-state index in [0.717, 1.165) is 5.56 Å². The summed E-state index contributed by atoms with van der Waals surface area (Å²) in [4.78, 5) is 0. The maximum absolute atomic E-state index is 13.1. The van der Waals surface area contributed by atoms with E-state index in [1.807, 2.05) is 0 Å². The van der Waals surface area contributed by atoms with Gasteiger partial charge >= 0.3 is 0 Å². The third kappa shape index (κ3) is 2.12. The van der Waals surface area contributed by atoms with Crippen LogP contribution in [-0.4, -0.2) is 5.11 Å². The molecule has 76 valence electrons. The Bertz CT molecular complexity index is 349. The Morgan fingerprint density at radius 2 is 2.29 bits per heavy atom. The minimum Gasteiger partial charge on any atom is -0.505 e. The molecule has 0 aliphatic rings. The fourth-order valence-corrected chi connectivity index (χ4v) is 1.35. The van der Waals surface area contributed by atoms with E-state index in [1.165, 1.54) is 6.07 Å². The molecule has 0 aromatic heterocycles. The minimum absolute atomic E-state index is 0.357. The van der Waals surface area contributed by atoms with E-state index in [2.05, 4.69) is 6.58 Å². The van der Waals surface area contributed by atoms with Crippen LogP contribution in [-0.2, 0) is 0 Å². The fraction of sp³-hybridized carbons (Fsp3) is 0.273. The first-order valence-corrected chi connectivity index (χ1v) is 4.41. The second-order valence-corrected chi connectivity index (χ2v) is 3.32. The van der Waals surface area contributed by atoms with Crippen LogP contribution in [0, 0.1) is 12.7 Å². The topological polar surface area (TPSA) is 46.2 Å². The molecular weight excluding hydrogens is 181 g/mol. The van der Waals surface area contributed by atoms with Crippen LogP contribution in [0.3, 0.4) is 0 Å². The summed E-state index contributed by atoms with van der Waals surface area (Å²) >= 11 is 0. The lowest BCUT2D eigenvalue weighted by Gasteiger charge is -2.12. The Morgan fingerprint density at radius 1 is 1.64 bits per heavy atom. The van der Waals surface area contributed by atoms with Gasteiger partial charge < -0.3 is 10.8 Å². The van der Waals surface area contributed by atoms with Crippen molar-refractivity contribution in [3.63, 3.8) is 0 Å². The molecular formula is C11H14FNO. The van der Waals surface area contributed by atoms with Gasteiger partial charge in [0.2, 0.25) is 0 Å². The number of halogens is 1. The summed E-state index contributed by atoms with van der Waals surface area (Å²) in [5.41, 5.74) is 6.92. The van der Waals surface area contributed by atoms with Crippen LogP contribution in [0.4, 0.5) is 4.39 Å². The largest absolute Gasteiger partial charge is 0.505 e. The van der Waals surface area contributed by atoms with Gasteiger partial charge in [-0.1, -0.05) is 12.1 Å². The molecule has 0 unspecified atom stereocenters. The number of aryl methyl sites for hydroxylation is 1. The van der Waals surface area contributed by atoms with Crippen molar-refractivity contribution in [2.75, 3.05) is 0 Å². The number of phenolic OH excluding ortho intramolecular Hbond substituents is 1. The summed E-state index contributed by atoms with van der Waals surface area (Å²) in [6.07, 6.45) is 2.15. The predicted molar refractivity (Wildman–Crippen MR) is 54.5 cm³/mol. The lowest BCUT2D eigenvalue weighted by atomic mass is 10.0. The van der Waals surface area contributed by atoms with Crippen LogP contribution < -0.4 is 5.73 Å². The maximum Gasteiger partial charge on any atom is 0.165 e. The van der Waals surface area contributed by atoms with Gasteiger partial charge in [-0.3, -0.25) is 0 Å². The summed E-state index contributed by atoms with van der Waals surface area (Å²) in [7, 11) is 0. The molecule has 0 aliphatic heterocycles. The van der Waals surface area contributed by atoms with Crippen LogP contribution in [0.25, 0.3) is 0 Å². The fourth-order valence-electron chi connectivity index (χ4n) is 1.35. The molecule has 3 N–H and O–H groups in total. The number of hydrogen-bond donors (Lipinski definition) is 2. The Kier molecular flexibility index (Phi) is 3.25. The van der Waals surface area contributed by atoms with Crippen molar-refractivity contribution in [2.45, 2.75) is 19.4 Å². The highest BCUT2D eigenvalue weighted by Crippen LogP contribution is 2.28. The van der Waals surface area contributed by atoms with Crippen molar-refractivity contribution in [2.24, 2.45) is 5.73 Å². The molecule has 1 atom stereocenters. The number of nitrogens with two attached hydrogens (primary N) is 1. The van der Waals surface area contributed by atoms with Gasteiger partial charge in [0, 0.05) is 11.6 Å². The SMILES string of the molecule is C=CC[C@@H](N)c1cc(C)cc(F)c1O. The molecule has 0 aliphatic carbocycles. The van der Waals surface area contributed by atoms with Crippen LogP contribution >= 0.6 is 0 Å². The molecule has 0 saturated heterocycles. The van der Waals surface area contributed by atoms with E-state index in [0.29, 0.717) is 12.0 Å². The van der Waals surface area contributed by atoms with Gasteiger partial charge in [0.25, 0.3) is 0 Å². The quantitative estimate of drug-likeness (QED) is 0.727. The normalized spacial score (nSPS) is 12.5. The van der Waals surface area contributed by atoms with Crippen molar-refractivity contribution in [3.8, 4) is 5.75 Å². The smallest absolute Gasteiger partial charge is 0.165 e. The van der Waals surface area contributed by atoms with E-state index in [-0.39, 0.29) is 5.75 Å². The minimum atomic E-state index is -0.625. The number of rotatable bonds is 3. The Labute approximate surface area is 82.9 Å². The second-order valence-electron chi connectivity index (χ2n) is 3.32. The molecule has 0 fully saturated rings. The Morgan fingerprint density at radius 3 is 2.86 bits per heavy atom. The summed E-state index contributed by atoms with van der Waals surface area (Å²) in [6, 6.07) is 2.56. The zero-order valence-electron chi connectivity index (χ0n) is 8.13. The van der Waals surface area contributed by atoms with Crippen LogP contribution in [0.5, 0.6) is 5.75 Å². The number of hydrogen-bond acceptors (Lipinski definition) is 2. The van der Waals surface area contributed by atoms with E-state index in [1.54, 1.807) is 19.1 Å². The molecule has 0 saturated carbocycles. The third-order valence-corrected chi connectivity index (χ3v) is 2.06. The van der Waals surface area contributed by atoms with Crippen LogP contribution in [0.15, 0.2) is 24.8 Å². The standard InChI is InChI=1S/C11H14FNO/c1-3-4-10(13)8-5-7(2)6-9(12)11(8)14/h3,5-6,10,14H,1,4,13H2,2H3/t10-/m1/s1. The van der Waals surface area contributed by atoms with Gasteiger partial charge in [0.1, 0.15) is 0 Å². The third-order valence-electron chi connectivity index (χ3n) is 2.06. The average molecular weight is 195 g/mol. The van der Waals surface area contributed by atoms with E-state index in [4.69, 9.17) is 5.73 Å². The molecule has 1 aromatic rings. The number of aromatic hydroxyl groups is 1. The van der Waals surface area contributed by atoms with Crippen molar-refractivity contribution in [1.29, 1.82) is 0 Å². The van der Waals surface area contributed by atoms with Crippen LogP contribution in [0.2, 0.25) is 0 Å². The number of benzene rings is 1. The zero-order chi connectivity index (χ0) is 10.7. The predicted octanol–water partition coefficient (Wildman–Crippen LogP) is 2.42. The second kappa shape index (κ2) is 4.24. The van der Waals surface area contributed by atoms with E-state index >= 15 is 0 Å². The first-order valence-electron chi connectivity index (χ1n) is 4.41. The zero-order valence-corrected chi connectivity index (χ0v) is 8.13. The first kappa shape index (κ1) is 10.7. The highest BCUT2D eigenvalue weighted by atomic mass is 19.1. The molecule has 1 rings (SSSR count). The molecule has 2 nitrogen and oxygen atoms in total. The first-order chi connectivity index (χ1) is 6.56. The van der Waals surface area contributed by atoms with E-state index < -0.39 is 11.9 Å². The number of phenols is 1. The van der Waals surface area contributed by atoms with Gasteiger partial charge in [0.05, 0.1) is 0 Å². The van der Waals surface area contributed by atoms with Crippen LogP contribution in [0.1, 0.15) is 23.6 Å². The lowest BCUT2D eigenvalue weighted by Crippen LogP contribution is -2.10. The Balaban J connectivity index is 3.12. The van der Waals surface area contributed by atoms with Gasteiger partial charge in [-0.15, -0.1) is 6.58 Å². The van der Waals surface area contributed by atoms with Crippen molar-refractivity contribution >= 4 is 0 Å². The molecule has 3 heteroatoms. The molecule has 0 amide bonds. The van der Waals surface area contributed by atoms with Crippen molar-refractivity contribution in [1.82, 2.24) is 0 Å². The Hall–Kier alpha value is -1.35. The van der Waals surface area contributed by atoms with E-state index in [9.17, 15) is 9.50 Å². The molecule has 0 heterocycles. The maximum atomic E-state index is 13.1. The van der Waals surface area contributed by atoms with Crippen molar-refractivity contribution in [3.05, 3.63) is 41.7 Å². The average Bonchev–Trinajstić information content (AvgIpc) is 2.11. The van der Waals surface area contributed by atoms with Gasteiger partial charge in [-0.25, -0.2) is 4.39 Å². The summed E-state index contributed by atoms with van der Waals surface area (Å²) in [5, 5.41) is 9.43. The summed E-state index contributed by atoms with van der Waals surface area (Å²) < 4.78 is 13.1.